The number of nitrogens with zero attached hydrogens (tertiary/aromatic N) is 4. The molecule has 0 aliphatic rings. The number of aryl methyl sites for hydroxylation is 1. The van der Waals surface area contributed by atoms with Gasteiger partial charge in [0.2, 0.25) is 11.7 Å². The maximum atomic E-state index is 12.4. The zero-order chi connectivity index (χ0) is 17.9. The van der Waals surface area contributed by atoms with Crippen molar-refractivity contribution in [3.05, 3.63) is 63.8 Å². The Labute approximate surface area is 156 Å². The van der Waals surface area contributed by atoms with Crippen molar-refractivity contribution in [1.29, 1.82) is 0 Å². The number of hydrogen-bond donors (Lipinski definition) is 1. The van der Waals surface area contributed by atoms with Crippen LogP contribution < -0.4 is 5.32 Å². The van der Waals surface area contributed by atoms with E-state index in [-0.39, 0.29) is 5.91 Å². The molecule has 0 radical (unpaired) electrons. The van der Waals surface area contributed by atoms with Gasteiger partial charge in [0.25, 0.3) is 5.91 Å². The maximum absolute atomic E-state index is 12.4. The van der Waals surface area contributed by atoms with E-state index in [1.165, 1.54) is 0 Å². The average molecular weight is 383 g/mol. The summed E-state index contributed by atoms with van der Waals surface area (Å²) in [4.78, 5) is 18.3. The number of benzene rings is 1. The lowest BCUT2D eigenvalue weighted by Gasteiger charge is -2.08. The predicted molar refractivity (Wildman–Crippen MR) is 99.5 cm³/mol. The molecule has 0 aliphatic carbocycles. The molecule has 0 unspecified atom stereocenters. The van der Waals surface area contributed by atoms with Crippen molar-refractivity contribution in [3.8, 4) is 10.7 Å². The van der Waals surface area contributed by atoms with E-state index in [0.29, 0.717) is 34.4 Å². The molecule has 1 N–H and O–H groups in total. The highest BCUT2D eigenvalue weighted by Crippen LogP contribution is 2.24. The minimum absolute atomic E-state index is 0.227. The van der Waals surface area contributed by atoms with Gasteiger partial charge in [-0.15, -0.1) is 16.4 Å². The highest BCUT2D eigenvalue weighted by Gasteiger charge is 2.16. The fourth-order valence-electron chi connectivity index (χ4n) is 2.41. The highest BCUT2D eigenvalue weighted by atomic mass is 32.1. The summed E-state index contributed by atoms with van der Waals surface area (Å²) in [6, 6.07) is 11.4. The number of aromatic nitrogens is 4. The van der Waals surface area contributed by atoms with Crippen LogP contribution in [0, 0.1) is 6.92 Å². The Morgan fingerprint density at radius 2 is 2.12 bits per heavy atom. The molecular weight excluding hydrogens is 370 g/mol. The molecule has 26 heavy (non-hydrogen) atoms. The second kappa shape index (κ2) is 7.14. The molecule has 1 aromatic carbocycles. The van der Waals surface area contributed by atoms with Gasteiger partial charge in [0, 0.05) is 5.69 Å². The van der Waals surface area contributed by atoms with E-state index in [1.54, 1.807) is 18.3 Å². The average Bonchev–Trinajstić information content (AvgIpc) is 3.37. The number of carbonyl (C=O) groups is 1. The van der Waals surface area contributed by atoms with E-state index < -0.39 is 0 Å². The molecule has 0 saturated carbocycles. The molecule has 130 valence electrons. The van der Waals surface area contributed by atoms with Crippen LogP contribution in [0.15, 0.2) is 46.3 Å². The minimum atomic E-state index is -0.227. The SMILES string of the molecule is Cc1nnsc1C(=O)Nc1ccccc1Cc1nc(-c2cccs2)no1. The van der Waals surface area contributed by atoms with Crippen molar-refractivity contribution < 1.29 is 9.32 Å². The van der Waals surface area contributed by atoms with Crippen molar-refractivity contribution in [1.82, 2.24) is 19.7 Å². The van der Waals surface area contributed by atoms with Gasteiger partial charge >= 0.3 is 0 Å². The predicted octanol–water partition coefficient (Wildman–Crippen LogP) is 3.80. The van der Waals surface area contributed by atoms with E-state index in [9.17, 15) is 4.79 Å². The number of rotatable bonds is 5. The summed E-state index contributed by atoms with van der Waals surface area (Å²) >= 11 is 2.63. The van der Waals surface area contributed by atoms with Gasteiger partial charge in [0.05, 0.1) is 17.0 Å². The molecule has 7 nitrogen and oxygen atoms in total. The molecule has 3 aromatic heterocycles. The molecule has 3 heterocycles. The van der Waals surface area contributed by atoms with Crippen molar-refractivity contribution in [2.45, 2.75) is 13.3 Å². The third-order valence-corrected chi connectivity index (χ3v) is 5.37. The van der Waals surface area contributed by atoms with Crippen LogP contribution >= 0.6 is 22.9 Å². The summed E-state index contributed by atoms with van der Waals surface area (Å²) in [6.07, 6.45) is 0.425. The van der Waals surface area contributed by atoms with Gasteiger partial charge in [0.15, 0.2) is 0 Å². The van der Waals surface area contributed by atoms with E-state index in [2.05, 4.69) is 25.0 Å². The zero-order valence-corrected chi connectivity index (χ0v) is 15.3. The lowest BCUT2D eigenvalue weighted by Crippen LogP contribution is -2.13. The van der Waals surface area contributed by atoms with Crippen LogP contribution in [0.4, 0.5) is 5.69 Å². The lowest BCUT2D eigenvalue weighted by molar-refractivity contribution is 0.102. The van der Waals surface area contributed by atoms with Gasteiger partial charge in [-0.2, -0.15) is 4.98 Å². The molecule has 1 amide bonds. The molecule has 4 aromatic rings. The number of para-hydroxylation sites is 1. The Hall–Kier alpha value is -2.91. The Bertz CT molecular complexity index is 1040. The van der Waals surface area contributed by atoms with Gasteiger partial charge < -0.3 is 9.84 Å². The number of carbonyl (C=O) groups excluding carboxylic acids is 1. The van der Waals surface area contributed by atoms with Gasteiger partial charge in [-0.05, 0) is 41.5 Å². The Morgan fingerprint density at radius 1 is 1.23 bits per heavy atom. The van der Waals surface area contributed by atoms with Crippen LogP contribution in [0.2, 0.25) is 0 Å². The number of anilines is 1. The zero-order valence-electron chi connectivity index (χ0n) is 13.7. The molecule has 0 spiro atoms. The summed E-state index contributed by atoms with van der Waals surface area (Å²) in [7, 11) is 0. The number of nitrogens with one attached hydrogen (secondary N) is 1. The van der Waals surface area contributed by atoms with Crippen molar-refractivity contribution in [2.75, 3.05) is 5.32 Å². The number of amides is 1. The van der Waals surface area contributed by atoms with Gasteiger partial charge in [0.1, 0.15) is 4.88 Å². The summed E-state index contributed by atoms with van der Waals surface area (Å²) in [6.45, 7) is 1.76. The molecular formula is C17H13N5O2S2. The normalized spacial score (nSPS) is 10.8. The van der Waals surface area contributed by atoms with Crippen molar-refractivity contribution >= 4 is 34.5 Å². The highest BCUT2D eigenvalue weighted by molar-refractivity contribution is 7.13. The van der Waals surface area contributed by atoms with Crippen LogP contribution in [-0.4, -0.2) is 25.6 Å². The second-order valence-corrected chi connectivity index (χ2v) is 7.17. The Balaban J connectivity index is 1.55. The minimum Gasteiger partial charge on any atom is -0.339 e. The molecule has 9 heteroatoms. The maximum Gasteiger partial charge on any atom is 0.269 e. The summed E-state index contributed by atoms with van der Waals surface area (Å²) in [5, 5.41) is 12.8. The van der Waals surface area contributed by atoms with E-state index in [1.807, 2.05) is 41.8 Å². The standard InChI is InChI=1S/C17H13N5O2S2/c1-10-15(26-22-20-10)17(23)18-12-6-3-2-5-11(12)9-14-19-16(21-24-14)13-7-4-8-25-13/h2-8H,9H2,1H3,(H,18,23). The molecule has 0 saturated heterocycles. The van der Waals surface area contributed by atoms with Crippen molar-refractivity contribution in [2.24, 2.45) is 0 Å². The summed E-state index contributed by atoms with van der Waals surface area (Å²) in [5.74, 6) is 0.836. The van der Waals surface area contributed by atoms with Crippen LogP contribution in [0.5, 0.6) is 0 Å². The fourth-order valence-corrected chi connectivity index (χ4v) is 3.61. The monoisotopic (exact) mass is 383 g/mol. The number of thiophene rings is 1. The molecule has 0 bridgehead atoms. The summed E-state index contributed by atoms with van der Waals surface area (Å²) in [5.41, 5.74) is 2.20. The van der Waals surface area contributed by atoms with Crippen molar-refractivity contribution in [3.63, 3.8) is 0 Å². The number of hydrogen-bond acceptors (Lipinski definition) is 8. The Morgan fingerprint density at radius 3 is 2.88 bits per heavy atom. The third kappa shape index (κ3) is 3.39. The lowest BCUT2D eigenvalue weighted by atomic mass is 10.1. The first-order chi connectivity index (χ1) is 12.7. The molecule has 0 fully saturated rings. The first-order valence-corrected chi connectivity index (χ1v) is 9.40. The van der Waals surface area contributed by atoms with E-state index in [0.717, 1.165) is 22.0 Å². The van der Waals surface area contributed by atoms with Crippen LogP contribution in [0.25, 0.3) is 10.7 Å². The van der Waals surface area contributed by atoms with Crippen LogP contribution in [0.3, 0.4) is 0 Å². The third-order valence-electron chi connectivity index (χ3n) is 3.67. The van der Waals surface area contributed by atoms with Gasteiger partial charge in [-0.3, -0.25) is 4.79 Å². The first-order valence-electron chi connectivity index (χ1n) is 7.75. The quantitative estimate of drug-likeness (QED) is 0.563. The molecule has 4 rings (SSSR count). The van der Waals surface area contributed by atoms with E-state index >= 15 is 0 Å². The van der Waals surface area contributed by atoms with Gasteiger partial charge in [-0.1, -0.05) is 33.9 Å². The first kappa shape index (κ1) is 16.6. The summed E-state index contributed by atoms with van der Waals surface area (Å²) < 4.78 is 9.16. The van der Waals surface area contributed by atoms with E-state index in [4.69, 9.17) is 4.52 Å². The van der Waals surface area contributed by atoms with Crippen LogP contribution in [0.1, 0.15) is 26.8 Å². The van der Waals surface area contributed by atoms with Gasteiger partial charge in [-0.25, -0.2) is 0 Å². The molecule has 0 atom stereocenters. The van der Waals surface area contributed by atoms with Crippen LogP contribution in [-0.2, 0) is 6.42 Å². The second-order valence-electron chi connectivity index (χ2n) is 5.46. The fraction of sp³-hybridized carbons (Fsp3) is 0.118. The topological polar surface area (TPSA) is 93.8 Å². The largest absolute Gasteiger partial charge is 0.339 e. The Kier molecular flexibility index (Phi) is 4.55. The molecule has 0 aliphatic heterocycles. The smallest absolute Gasteiger partial charge is 0.269 e.